The van der Waals surface area contributed by atoms with Crippen LogP contribution in [-0.2, 0) is 6.54 Å². The molecule has 0 unspecified atom stereocenters. The van der Waals surface area contributed by atoms with Crippen molar-refractivity contribution >= 4 is 5.95 Å². The maximum absolute atomic E-state index is 5.24. The van der Waals surface area contributed by atoms with E-state index >= 15 is 0 Å². The predicted molar refractivity (Wildman–Crippen MR) is 106 cm³/mol. The summed E-state index contributed by atoms with van der Waals surface area (Å²) in [5.41, 5.74) is 2.39. The number of nitrogens with zero attached hydrogens (tertiary/aromatic N) is 3. The van der Waals surface area contributed by atoms with Gasteiger partial charge in [-0.1, -0.05) is 26.0 Å². The third-order valence-electron chi connectivity index (χ3n) is 5.11. The number of rotatable bonds is 7. The van der Waals surface area contributed by atoms with Crippen LogP contribution in [0.5, 0.6) is 5.75 Å². The summed E-state index contributed by atoms with van der Waals surface area (Å²) in [6, 6.07) is 8.58. The molecule has 0 bridgehead atoms. The zero-order valence-corrected chi connectivity index (χ0v) is 16.1. The van der Waals surface area contributed by atoms with E-state index in [1.54, 1.807) is 7.11 Å². The summed E-state index contributed by atoms with van der Waals surface area (Å²) in [4.78, 5) is 11.5. The Morgan fingerprint density at radius 1 is 1.23 bits per heavy atom. The molecule has 26 heavy (non-hydrogen) atoms. The Bertz CT molecular complexity index is 671. The van der Waals surface area contributed by atoms with Crippen molar-refractivity contribution < 1.29 is 4.74 Å². The largest absolute Gasteiger partial charge is 0.497 e. The molecule has 5 nitrogen and oxygen atoms in total. The molecule has 1 aromatic heterocycles. The van der Waals surface area contributed by atoms with Gasteiger partial charge in [-0.3, -0.25) is 0 Å². The van der Waals surface area contributed by atoms with E-state index in [-0.39, 0.29) is 0 Å². The second-order valence-electron chi connectivity index (χ2n) is 7.20. The molecule has 0 spiro atoms. The molecular weight excluding hydrogens is 324 g/mol. The van der Waals surface area contributed by atoms with E-state index in [4.69, 9.17) is 4.74 Å². The van der Waals surface area contributed by atoms with Gasteiger partial charge in [-0.15, -0.1) is 0 Å². The lowest BCUT2D eigenvalue weighted by atomic mass is 10.0. The number of nitrogens with one attached hydrogen (secondary N) is 1. The van der Waals surface area contributed by atoms with Crippen molar-refractivity contribution in [2.24, 2.45) is 5.92 Å². The molecule has 2 atom stereocenters. The Hall–Kier alpha value is -2.14. The number of piperidine rings is 1. The SMILES string of the molecule is CC[C@@H](NCc1cnc(N2CCC[C@@H](C)C2)nc1)c1ccc(OC)cc1. The van der Waals surface area contributed by atoms with Crippen molar-refractivity contribution in [3.63, 3.8) is 0 Å². The number of aromatic nitrogens is 2. The Kier molecular flexibility index (Phi) is 6.45. The predicted octanol–water partition coefficient (Wildman–Crippen LogP) is 3.96. The van der Waals surface area contributed by atoms with Crippen LogP contribution in [0.25, 0.3) is 0 Å². The molecule has 1 N–H and O–H groups in total. The van der Waals surface area contributed by atoms with Crippen LogP contribution in [0.2, 0.25) is 0 Å². The van der Waals surface area contributed by atoms with Gasteiger partial charge < -0.3 is 15.0 Å². The maximum atomic E-state index is 5.24. The standard InChI is InChI=1S/C21H30N4O/c1-4-20(18-7-9-19(26-3)10-8-18)22-12-17-13-23-21(24-14-17)25-11-5-6-16(2)15-25/h7-10,13-14,16,20,22H,4-6,11-12,15H2,1-3H3/t16-,20-/m1/s1. The first-order valence-corrected chi connectivity index (χ1v) is 9.62. The summed E-state index contributed by atoms with van der Waals surface area (Å²) in [5.74, 6) is 2.48. The average molecular weight is 354 g/mol. The first kappa shape index (κ1) is 18.6. The highest BCUT2D eigenvalue weighted by molar-refractivity contribution is 5.31. The van der Waals surface area contributed by atoms with Gasteiger partial charge in [0.2, 0.25) is 5.95 Å². The van der Waals surface area contributed by atoms with Gasteiger partial charge in [-0.05, 0) is 42.9 Å². The van der Waals surface area contributed by atoms with E-state index in [0.29, 0.717) is 6.04 Å². The van der Waals surface area contributed by atoms with Gasteiger partial charge in [0, 0.05) is 43.6 Å². The minimum atomic E-state index is 0.309. The minimum Gasteiger partial charge on any atom is -0.497 e. The summed E-state index contributed by atoms with van der Waals surface area (Å²) >= 11 is 0. The molecule has 1 aliphatic rings. The lowest BCUT2D eigenvalue weighted by Crippen LogP contribution is -2.35. The third-order valence-corrected chi connectivity index (χ3v) is 5.11. The fraction of sp³-hybridized carbons (Fsp3) is 0.524. The zero-order valence-electron chi connectivity index (χ0n) is 16.1. The van der Waals surface area contributed by atoms with Crippen molar-refractivity contribution in [1.29, 1.82) is 0 Å². The second kappa shape index (κ2) is 8.99. The summed E-state index contributed by atoms with van der Waals surface area (Å²) in [6.07, 6.45) is 7.47. The van der Waals surface area contributed by atoms with E-state index in [1.165, 1.54) is 18.4 Å². The topological polar surface area (TPSA) is 50.3 Å². The fourth-order valence-corrected chi connectivity index (χ4v) is 3.55. The molecule has 1 aromatic carbocycles. The van der Waals surface area contributed by atoms with Crippen LogP contribution in [0.1, 0.15) is 50.3 Å². The van der Waals surface area contributed by atoms with Gasteiger partial charge in [-0.25, -0.2) is 9.97 Å². The molecule has 140 valence electrons. The minimum absolute atomic E-state index is 0.309. The zero-order chi connectivity index (χ0) is 18.4. The monoisotopic (exact) mass is 354 g/mol. The molecule has 5 heteroatoms. The summed E-state index contributed by atoms with van der Waals surface area (Å²) in [6.45, 7) is 7.39. The molecule has 1 saturated heterocycles. The van der Waals surface area contributed by atoms with Crippen molar-refractivity contribution in [1.82, 2.24) is 15.3 Å². The Morgan fingerprint density at radius 2 is 1.96 bits per heavy atom. The highest BCUT2D eigenvalue weighted by Gasteiger charge is 2.18. The number of hydrogen-bond donors (Lipinski definition) is 1. The maximum Gasteiger partial charge on any atom is 0.225 e. The molecular formula is C21H30N4O. The van der Waals surface area contributed by atoms with Crippen LogP contribution in [0, 0.1) is 5.92 Å². The smallest absolute Gasteiger partial charge is 0.225 e. The van der Waals surface area contributed by atoms with Gasteiger partial charge in [-0.2, -0.15) is 0 Å². The molecule has 0 amide bonds. The molecule has 2 heterocycles. The molecule has 2 aromatic rings. The van der Waals surface area contributed by atoms with E-state index in [9.17, 15) is 0 Å². The van der Waals surface area contributed by atoms with E-state index < -0.39 is 0 Å². The van der Waals surface area contributed by atoms with Crippen LogP contribution < -0.4 is 15.0 Å². The lowest BCUT2D eigenvalue weighted by molar-refractivity contribution is 0.414. The van der Waals surface area contributed by atoms with Crippen molar-refractivity contribution in [2.75, 3.05) is 25.1 Å². The lowest BCUT2D eigenvalue weighted by Gasteiger charge is -2.30. The van der Waals surface area contributed by atoms with Crippen LogP contribution in [0.15, 0.2) is 36.7 Å². The normalized spacial score (nSPS) is 18.6. The quantitative estimate of drug-likeness (QED) is 0.815. The molecule has 1 aliphatic heterocycles. The first-order valence-electron chi connectivity index (χ1n) is 9.62. The van der Waals surface area contributed by atoms with E-state index in [0.717, 1.165) is 49.2 Å². The van der Waals surface area contributed by atoms with E-state index in [2.05, 4.69) is 46.2 Å². The molecule has 0 aliphatic carbocycles. The number of ether oxygens (including phenoxy) is 1. The summed E-state index contributed by atoms with van der Waals surface area (Å²) in [5, 5.41) is 3.61. The Morgan fingerprint density at radius 3 is 2.58 bits per heavy atom. The number of hydrogen-bond acceptors (Lipinski definition) is 5. The van der Waals surface area contributed by atoms with Gasteiger partial charge in [0.15, 0.2) is 0 Å². The fourth-order valence-electron chi connectivity index (χ4n) is 3.55. The van der Waals surface area contributed by atoms with E-state index in [1.807, 2.05) is 24.5 Å². The molecule has 0 saturated carbocycles. The van der Waals surface area contributed by atoms with Crippen LogP contribution in [0.4, 0.5) is 5.95 Å². The van der Waals surface area contributed by atoms with Crippen LogP contribution >= 0.6 is 0 Å². The van der Waals surface area contributed by atoms with Gasteiger partial charge in [0.25, 0.3) is 0 Å². The molecule has 0 radical (unpaired) electrons. The first-order chi connectivity index (χ1) is 12.7. The van der Waals surface area contributed by atoms with Gasteiger partial charge >= 0.3 is 0 Å². The summed E-state index contributed by atoms with van der Waals surface area (Å²) in [7, 11) is 1.69. The Labute approximate surface area is 156 Å². The highest BCUT2D eigenvalue weighted by Crippen LogP contribution is 2.21. The van der Waals surface area contributed by atoms with Crippen molar-refractivity contribution in [2.45, 2.75) is 45.7 Å². The second-order valence-corrected chi connectivity index (χ2v) is 7.20. The molecule has 1 fully saturated rings. The van der Waals surface area contributed by atoms with Crippen molar-refractivity contribution in [3.05, 3.63) is 47.8 Å². The summed E-state index contributed by atoms with van der Waals surface area (Å²) < 4.78 is 5.24. The number of anilines is 1. The van der Waals surface area contributed by atoms with Crippen LogP contribution in [0.3, 0.4) is 0 Å². The van der Waals surface area contributed by atoms with Gasteiger partial charge in [0.1, 0.15) is 5.75 Å². The third kappa shape index (κ3) is 4.73. The van der Waals surface area contributed by atoms with Crippen LogP contribution in [-0.4, -0.2) is 30.2 Å². The van der Waals surface area contributed by atoms with Gasteiger partial charge in [0.05, 0.1) is 7.11 Å². The average Bonchev–Trinajstić information content (AvgIpc) is 2.69. The van der Waals surface area contributed by atoms with Crippen molar-refractivity contribution in [3.8, 4) is 5.75 Å². The highest BCUT2D eigenvalue weighted by atomic mass is 16.5. The number of benzene rings is 1. The molecule has 3 rings (SSSR count). The number of methoxy groups -OCH3 is 1. The Balaban J connectivity index is 1.57.